The molecule has 7 heteroatoms. The number of anilines is 1. The Kier molecular flexibility index (Phi) is 4.49. The van der Waals surface area contributed by atoms with Crippen LogP contribution in [0.3, 0.4) is 0 Å². The molecule has 0 saturated carbocycles. The lowest BCUT2D eigenvalue weighted by Gasteiger charge is -2.18. The summed E-state index contributed by atoms with van der Waals surface area (Å²) in [4.78, 5) is 22.1. The molecule has 0 aromatic carbocycles. The van der Waals surface area contributed by atoms with Gasteiger partial charge in [0.25, 0.3) is 5.78 Å². The van der Waals surface area contributed by atoms with Crippen molar-refractivity contribution in [2.24, 2.45) is 0 Å². The van der Waals surface area contributed by atoms with Crippen LogP contribution in [0.2, 0.25) is 0 Å². The molecule has 0 atom stereocenters. The molecular weight excluding hydrogens is 256 g/mol. The van der Waals surface area contributed by atoms with Gasteiger partial charge in [-0.25, -0.2) is 4.98 Å². The van der Waals surface area contributed by atoms with Gasteiger partial charge in [-0.3, -0.25) is 4.79 Å². The van der Waals surface area contributed by atoms with E-state index >= 15 is 0 Å². The third-order valence-electron chi connectivity index (χ3n) is 3.14. The molecule has 0 spiro atoms. The zero-order valence-electron chi connectivity index (χ0n) is 12.1. The summed E-state index contributed by atoms with van der Waals surface area (Å²) in [6, 6.07) is 1.89. The average molecular weight is 276 g/mol. The standard InChI is InChI=1S/C13H20N6O/c1-4-18(5-2)12(20)6-7-14-11-8-10(3)17-13-15-9-16-19(11)13/h8-9,14H,4-7H2,1-3H3. The summed E-state index contributed by atoms with van der Waals surface area (Å²) in [6.45, 7) is 7.93. The molecule has 1 amide bonds. The monoisotopic (exact) mass is 276 g/mol. The smallest absolute Gasteiger partial charge is 0.254 e. The van der Waals surface area contributed by atoms with Crippen LogP contribution in [0.15, 0.2) is 12.4 Å². The molecule has 0 fully saturated rings. The Bertz CT molecular complexity index is 590. The van der Waals surface area contributed by atoms with E-state index in [9.17, 15) is 4.79 Å². The molecule has 0 aliphatic carbocycles. The van der Waals surface area contributed by atoms with Crippen molar-refractivity contribution in [1.82, 2.24) is 24.5 Å². The third-order valence-corrected chi connectivity index (χ3v) is 3.14. The van der Waals surface area contributed by atoms with Crippen molar-refractivity contribution in [3.8, 4) is 0 Å². The fourth-order valence-corrected chi connectivity index (χ4v) is 2.09. The van der Waals surface area contributed by atoms with E-state index in [0.29, 0.717) is 18.7 Å². The van der Waals surface area contributed by atoms with Gasteiger partial charge in [0.15, 0.2) is 0 Å². The average Bonchev–Trinajstić information content (AvgIpc) is 2.88. The van der Waals surface area contributed by atoms with Crippen molar-refractivity contribution in [2.75, 3.05) is 25.0 Å². The summed E-state index contributed by atoms with van der Waals surface area (Å²) in [5.41, 5.74) is 0.864. The number of fused-ring (bicyclic) bond motifs is 1. The van der Waals surface area contributed by atoms with Crippen LogP contribution in [-0.4, -0.2) is 50.0 Å². The number of nitrogens with one attached hydrogen (secondary N) is 1. The lowest BCUT2D eigenvalue weighted by Crippen LogP contribution is -2.31. The number of carbonyl (C=O) groups is 1. The maximum Gasteiger partial charge on any atom is 0.254 e. The van der Waals surface area contributed by atoms with Gasteiger partial charge in [0.05, 0.1) is 0 Å². The molecule has 2 rings (SSSR count). The van der Waals surface area contributed by atoms with Crippen LogP contribution in [-0.2, 0) is 4.79 Å². The van der Waals surface area contributed by atoms with Gasteiger partial charge in [0, 0.05) is 37.8 Å². The molecule has 2 aromatic heterocycles. The highest BCUT2D eigenvalue weighted by Crippen LogP contribution is 2.10. The fraction of sp³-hybridized carbons (Fsp3) is 0.538. The summed E-state index contributed by atoms with van der Waals surface area (Å²) < 4.78 is 1.63. The summed E-state index contributed by atoms with van der Waals surface area (Å²) in [5.74, 6) is 1.52. The quantitative estimate of drug-likeness (QED) is 0.855. The van der Waals surface area contributed by atoms with Gasteiger partial charge in [-0.2, -0.15) is 14.6 Å². The van der Waals surface area contributed by atoms with Crippen LogP contribution in [0, 0.1) is 6.92 Å². The number of carbonyl (C=O) groups excluding carboxylic acids is 1. The number of aryl methyl sites for hydroxylation is 1. The number of hydrogen-bond acceptors (Lipinski definition) is 5. The molecular formula is C13H20N6O. The molecule has 0 saturated heterocycles. The van der Waals surface area contributed by atoms with Crippen LogP contribution in [0.4, 0.5) is 5.82 Å². The molecule has 108 valence electrons. The zero-order valence-corrected chi connectivity index (χ0v) is 12.1. The van der Waals surface area contributed by atoms with Crippen molar-refractivity contribution in [1.29, 1.82) is 0 Å². The molecule has 0 aliphatic rings. The normalized spacial score (nSPS) is 10.8. The Morgan fingerprint density at radius 1 is 1.40 bits per heavy atom. The Morgan fingerprint density at radius 3 is 2.85 bits per heavy atom. The van der Waals surface area contributed by atoms with E-state index in [1.807, 2.05) is 31.7 Å². The second-order valence-corrected chi connectivity index (χ2v) is 4.50. The first kappa shape index (κ1) is 14.2. The third kappa shape index (κ3) is 3.04. The van der Waals surface area contributed by atoms with Gasteiger partial charge < -0.3 is 10.2 Å². The topological polar surface area (TPSA) is 75.4 Å². The largest absolute Gasteiger partial charge is 0.369 e. The molecule has 0 aliphatic heterocycles. The van der Waals surface area contributed by atoms with E-state index in [4.69, 9.17) is 0 Å². The Labute approximate surface area is 118 Å². The van der Waals surface area contributed by atoms with Gasteiger partial charge in [0.2, 0.25) is 5.91 Å². The molecule has 1 N–H and O–H groups in total. The second kappa shape index (κ2) is 6.31. The fourth-order valence-electron chi connectivity index (χ4n) is 2.09. The Balaban J connectivity index is 1.99. The minimum atomic E-state index is 0.156. The SMILES string of the molecule is CCN(CC)C(=O)CCNc1cc(C)nc2ncnn12. The Morgan fingerprint density at radius 2 is 2.15 bits per heavy atom. The van der Waals surface area contributed by atoms with Crippen LogP contribution in [0.25, 0.3) is 5.78 Å². The highest BCUT2D eigenvalue weighted by atomic mass is 16.2. The lowest BCUT2D eigenvalue weighted by molar-refractivity contribution is -0.130. The van der Waals surface area contributed by atoms with Gasteiger partial charge in [-0.1, -0.05) is 0 Å². The highest BCUT2D eigenvalue weighted by Gasteiger charge is 2.10. The molecule has 2 heterocycles. The summed E-state index contributed by atoms with van der Waals surface area (Å²) >= 11 is 0. The van der Waals surface area contributed by atoms with Crippen LogP contribution >= 0.6 is 0 Å². The van der Waals surface area contributed by atoms with E-state index in [0.717, 1.165) is 24.6 Å². The van der Waals surface area contributed by atoms with Gasteiger partial charge in [-0.15, -0.1) is 0 Å². The van der Waals surface area contributed by atoms with Gasteiger partial charge in [0.1, 0.15) is 12.1 Å². The zero-order chi connectivity index (χ0) is 14.5. The number of hydrogen-bond donors (Lipinski definition) is 1. The second-order valence-electron chi connectivity index (χ2n) is 4.50. The molecule has 7 nitrogen and oxygen atoms in total. The number of aromatic nitrogens is 4. The molecule has 0 unspecified atom stereocenters. The summed E-state index contributed by atoms with van der Waals surface area (Å²) in [6.07, 6.45) is 1.92. The minimum absolute atomic E-state index is 0.156. The van der Waals surface area contributed by atoms with Crippen molar-refractivity contribution in [3.05, 3.63) is 18.1 Å². The minimum Gasteiger partial charge on any atom is -0.369 e. The molecule has 20 heavy (non-hydrogen) atoms. The van der Waals surface area contributed by atoms with Crippen LogP contribution < -0.4 is 5.32 Å². The lowest BCUT2D eigenvalue weighted by atomic mass is 10.3. The van der Waals surface area contributed by atoms with Gasteiger partial charge >= 0.3 is 0 Å². The predicted molar refractivity (Wildman–Crippen MR) is 76.6 cm³/mol. The first-order valence-corrected chi connectivity index (χ1v) is 6.84. The maximum atomic E-state index is 11.9. The molecule has 0 bridgehead atoms. The molecule has 2 aromatic rings. The van der Waals surface area contributed by atoms with Crippen molar-refractivity contribution in [2.45, 2.75) is 27.2 Å². The first-order chi connectivity index (χ1) is 9.65. The van der Waals surface area contributed by atoms with Crippen LogP contribution in [0.1, 0.15) is 26.0 Å². The van der Waals surface area contributed by atoms with Gasteiger partial charge in [-0.05, 0) is 20.8 Å². The van der Waals surface area contributed by atoms with E-state index in [1.54, 1.807) is 4.52 Å². The van der Waals surface area contributed by atoms with E-state index in [-0.39, 0.29) is 5.91 Å². The predicted octanol–water partition coefficient (Wildman–Crippen LogP) is 1.10. The highest BCUT2D eigenvalue weighted by molar-refractivity contribution is 5.76. The molecule has 0 radical (unpaired) electrons. The number of amides is 1. The summed E-state index contributed by atoms with van der Waals surface area (Å²) in [5, 5.41) is 7.33. The van der Waals surface area contributed by atoms with E-state index in [2.05, 4.69) is 20.4 Å². The van der Waals surface area contributed by atoms with E-state index in [1.165, 1.54) is 6.33 Å². The van der Waals surface area contributed by atoms with Crippen molar-refractivity contribution < 1.29 is 4.79 Å². The summed E-state index contributed by atoms with van der Waals surface area (Å²) in [7, 11) is 0. The van der Waals surface area contributed by atoms with Crippen molar-refractivity contribution >= 4 is 17.5 Å². The van der Waals surface area contributed by atoms with Crippen LogP contribution in [0.5, 0.6) is 0 Å². The Hall–Kier alpha value is -2.18. The maximum absolute atomic E-state index is 11.9. The number of nitrogens with zero attached hydrogens (tertiary/aromatic N) is 5. The van der Waals surface area contributed by atoms with E-state index < -0.39 is 0 Å². The number of rotatable bonds is 6. The van der Waals surface area contributed by atoms with Crippen molar-refractivity contribution in [3.63, 3.8) is 0 Å². The first-order valence-electron chi connectivity index (χ1n) is 6.84.